The standard InChI is InChI=1S/C17H17BrClN3OS/c18-14-15-17(23-16(14)10-4-1-5-11(10)20)12(7-13(19)22-15)21-8-9-3-2-6-24-9/h2-3,6-7,10-11H,1,4-5,8,20H2,(H,21,22)/t10-,11-/m1/s1. The molecule has 3 heterocycles. The third-order valence-electron chi connectivity index (χ3n) is 4.52. The van der Waals surface area contributed by atoms with Crippen molar-refractivity contribution in [3.8, 4) is 0 Å². The molecule has 4 nitrogen and oxygen atoms in total. The Morgan fingerprint density at radius 2 is 2.33 bits per heavy atom. The van der Waals surface area contributed by atoms with Crippen molar-refractivity contribution in [1.29, 1.82) is 0 Å². The monoisotopic (exact) mass is 425 g/mol. The summed E-state index contributed by atoms with van der Waals surface area (Å²) in [5.41, 5.74) is 8.60. The Morgan fingerprint density at radius 1 is 1.46 bits per heavy atom. The van der Waals surface area contributed by atoms with Gasteiger partial charge in [-0.1, -0.05) is 24.1 Å². The number of furan rings is 1. The van der Waals surface area contributed by atoms with Gasteiger partial charge in [0.2, 0.25) is 0 Å². The summed E-state index contributed by atoms with van der Waals surface area (Å²) in [5, 5.41) is 5.92. The van der Waals surface area contributed by atoms with Crippen LogP contribution in [0.5, 0.6) is 0 Å². The van der Waals surface area contributed by atoms with E-state index in [4.69, 9.17) is 21.8 Å². The highest BCUT2D eigenvalue weighted by Crippen LogP contribution is 2.43. The van der Waals surface area contributed by atoms with Crippen molar-refractivity contribution in [3.05, 3.63) is 43.8 Å². The van der Waals surface area contributed by atoms with Crippen LogP contribution >= 0.6 is 38.9 Å². The van der Waals surface area contributed by atoms with Crippen LogP contribution in [0.1, 0.15) is 35.8 Å². The third kappa shape index (κ3) is 2.96. The summed E-state index contributed by atoms with van der Waals surface area (Å²) in [6.07, 6.45) is 3.21. The van der Waals surface area contributed by atoms with Crippen molar-refractivity contribution in [2.75, 3.05) is 5.32 Å². The molecule has 1 saturated carbocycles. The second kappa shape index (κ2) is 6.67. The number of nitrogens with two attached hydrogens (primary N) is 1. The minimum Gasteiger partial charge on any atom is -0.456 e. The smallest absolute Gasteiger partial charge is 0.177 e. The number of hydrogen-bond donors (Lipinski definition) is 2. The van der Waals surface area contributed by atoms with E-state index in [0.29, 0.717) is 5.15 Å². The van der Waals surface area contributed by atoms with Crippen LogP contribution in [0.3, 0.4) is 0 Å². The molecule has 0 aliphatic heterocycles. The molecule has 0 saturated heterocycles. The van der Waals surface area contributed by atoms with E-state index in [1.54, 1.807) is 11.3 Å². The summed E-state index contributed by atoms with van der Waals surface area (Å²) >= 11 is 11.6. The molecule has 3 aromatic rings. The van der Waals surface area contributed by atoms with E-state index >= 15 is 0 Å². The van der Waals surface area contributed by atoms with Crippen LogP contribution in [0.2, 0.25) is 5.15 Å². The molecule has 1 aliphatic carbocycles. The normalized spacial score (nSPS) is 20.8. The van der Waals surface area contributed by atoms with Crippen molar-refractivity contribution >= 4 is 55.7 Å². The van der Waals surface area contributed by atoms with Gasteiger partial charge in [0.1, 0.15) is 16.4 Å². The van der Waals surface area contributed by atoms with Gasteiger partial charge >= 0.3 is 0 Å². The fraction of sp³-hybridized carbons (Fsp3) is 0.353. The van der Waals surface area contributed by atoms with Crippen molar-refractivity contribution in [1.82, 2.24) is 4.98 Å². The van der Waals surface area contributed by atoms with Crippen LogP contribution in [-0.4, -0.2) is 11.0 Å². The second-order valence-electron chi connectivity index (χ2n) is 6.08. The minimum atomic E-state index is 0.139. The highest BCUT2D eigenvalue weighted by molar-refractivity contribution is 9.10. The number of hydrogen-bond acceptors (Lipinski definition) is 5. The molecule has 7 heteroatoms. The number of anilines is 1. The van der Waals surface area contributed by atoms with Gasteiger partial charge in [-0.2, -0.15) is 0 Å². The van der Waals surface area contributed by atoms with Gasteiger partial charge in [-0.3, -0.25) is 0 Å². The van der Waals surface area contributed by atoms with Crippen molar-refractivity contribution in [2.24, 2.45) is 5.73 Å². The summed E-state index contributed by atoms with van der Waals surface area (Å²) in [4.78, 5) is 5.69. The molecule has 4 rings (SSSR count). The maximum atomic E-state index is 6.25. The van der Waals surface area contributed by atoms with Gasteiger partial charge in [-0.05, 0) is 40.2 Å². The zero-order chi connectivity index (χ0) is 16.7. The van der Waals surface area contributed by atoms with Crippen LogP contribution in [-0.2, 0) is 6.54 Å². The first-order valence-electron chi connectivity index (χ1n) is 7.93. The quantitative estimate of drug-likeness (QED) is 0.540. The average molecular weight is 427 g/mol. The number of pyridine rings is 1. The lowest BCUT2D eigenvalue weighted by Gasteiger charge is -2.12. The van der Waals surface area contributed by atoms with Gasteiger partial charge in [0.25, 0.3) is 0 Å². The maximum absolute atomic E-state index is 6.25. The van der Waals surface area contributed by atoms with E-state index in [2.05, 4.69) is 37.7 Å². The molecule has 1 aliphatic rings. The van der Waals surface area contributed by atoms with E-state index in [9.17, 15) is 0 Å². The van der Waals surface area contributed by atoms with E-state index in [1.807, 2.05) is 12.1 Å². The van der Waals surface area contributed by atoms with Crippen molar-refractivity contribution in [3.63, 3.8) is 0 Å². The van der Waals surface area contributed by atoms with E-state index in [1.165, 1.54) is 4.88 Å². The zero-order valence-corrected chi connectivity index (χ0v) is 16.0. The molecule has 126 valence electrons. The molecule has 2 atom stereocenters. The van der Waals surface area contributed by atoms with Crippen LogP contribution < -0.4 is 11.1 Å². The van der Waals surface area contributed by atoms with Crippen molar-refractivity contribution < 1.29 is 4.42 Å². The van der Waals surface area contributed by atoms with Crippen LogP contribution in [0, 0.1) is 0 Å². The van der Waals surface area contributed by atoms with Gasteiger partial charge in [0.15, 0.2) is 5.58 Å². The summed E-state index contributed by atoms with van der Waals surface area (Å²) in [6.45, 7) is 0.726. The number of aromatic nitrogens is 1. The van der Waals surface area contributed by atoms with E-state index in [-0.39, 0.29) is 12.0 Å². The predicted molar refractivity (Wildman–Crippen MR) is 103 cm³/mol. The highest BCUT2D eigenvalue weighted by Gasteiger charge is 2.32. The summed E-state index contributed by atoms with van der Waals surface area (Å²) < 4.78 is 7.08. The van der Waals surface area contributed by atoms with Gasteiger partial charge in [0.05, 0.1) is 10.2 Å². The Hall–Kier alpha value is -1.08. The van der Waals surface area contributed by atoms with Gasteiger partial charge in [-0.25, -0.2) is 4.98 Å². The minimum absolute atomic E-state index is 0.139. The second-order valence-corrected chi connectivity index (χ2v) is 8.30. The summed E-state index contributed by atoms with van der Waals surface area (Å²) in [5.74, 6) is 1.13. The summed E-state index contributed by atoms with van der Waals surface area (Å²) in [6, 6.07) is 6.09. The Balaban J connectivity index is 1.73. The van der Waals surface area contributed by atoms with Crippen LogP contribution in [0.4, 0.5) is 5.69 Å². The first kappa shape index (κ1) is 16.4. The lowest BCUT2D eigenvalue weighted by atomic mass is 10.0. The lowest BCUT2D eigenvalue weighted by molar-refractivity contribution is 0.464. The van der Waals surface area contributed by atoms with Gasteiger partial charge in [0, 0.05) is 29.4 Å². The maximum Gasteiger partial charge on any atom is 0.177 e. The fourth-order valence-electron chi connectivity index (χ4n) is 3.31. The molecule has 0 spiro atoms. The van der Waals surface area contributed by atoms with Gasteiger partial charge < -0.3 is 15.5 Å². The molecule has 0 unspecified atom stereocenters. The van der Waals surface area contributed by atoms with E-state index in [0.717, 1.165) is 52.8 Å². The first-order chi connectivity index (χ1) is 11.6. The number of thiophene rings is 1. The first-order valence-corrected chi connectivity index (χ1v) is 9.99. The highest BCUT2D eigenvalue weighted by atomic mass is 79.9. The molecule has 3 aromatic heterocycles. The Kier molecular flexibility index (Phi) is 4.56. The van der Waals surface area contributed by atoms with Gasteiger partial charge in [-0.15, -0.1) is 11.3 Å². The molecule has 0 bridgehead atoms. The third-order valence-corrected chi connectivity index (χ3v) is 6.35. The molecule has 24 heavy (non-hydrogen) atoms. The SMILES string of the molecule is N[C@@H]1CCC[C@H]1c1oc2c(NCc3cccs3)cc(Cl)nc2c1Br. The molecule has 0 aromatic carbocycles. The molecular formula is C17H17BrClN3OS. The average Bonchev–Trinajstić information content (AvgIpc) is 3.27. The Morgan fingerprint density at radius 3 is 3.04 bits per heavy atom. The Labute approximate surface area is 157 Å². The zero-order valence-electron chi connectivity index (χ0n) is 12.9. The molecule has 3 N–H and O–H groups in total. The molecule has 0 amide bonds. The lowest BCUT2D eigenvalue weighted by Crippen LogP contribution is -2.22. The number of halogens is 2. The topological polar surface area (TPSA) is 64.1 Å². The molecular weight excluding hydrogens is 410 g/mol. The number of nitrogens with zero attached hydrogens (tertiary/aromatic N) is 1. The van der Waals surface area contributed by atoms with Crippen LogP contribution in [0.15, 0.2) is 32.5 Å². The van der Waals surface area contributed by atoms with E-state index < -0.39 is 0 Å². The largest absolute Gasteiger partial charge is 0.456 e. The molecule has 0 radical (unpaired) electrons. The predicted octanol–water partition coefficient (Wildman–Crippen LogP) is 5.51. The summed E-state index contributed by atoms with van der Waals surface area (Å²) in [7, 11) is 0. The Bertz CT molecular complexity index is 864. The molecule has 1 fully saturated rings. The number of nitrogens with one attached hydrogen (secondary N) is 1. The number of fused-ring (bicyclic) bond motifs is 1. The number of rotatable bonds is 4. The fourth-order valence-corrected chi connectivity index (χ4v) is 4.79. The van der Waals surface area contributed by atoms with Crippen molar-refractivity contribution in [2.45, 2.75) is 37.8 Å². The van der Waals surface area contributed by atoms with Crippen LogP contribution in [0.25, 0.3) is 11.1 Å².